The molecule has 1 saturated carbocycles. The molecule has 6 nitrogen and oxygen atoms in total. The van der Waals surface area contributed by atoms with E-state index in [0.29, 0.717) is 18.5 Å². The van der Waals surface area contributed by atoms with Crippen molar-refractivity contribution in [3.8, 4) is 5.82 Å². The van der Waals surface area contributed by atoms with E-state index in [9.17, 15) is 4.79 Å². The number of carbonyl (C=O) groups is 1. The van der Waals surface area contributed by atoms with Crippen molar-refractivity contribution in [2.45, 2.75) is 50.7 Å². The number of halogens is 1. The molecule has 0 aromatic carbocycles. The Morgan fingerprint density at radius 2 is 2.16 bits per heavy atom. The van der Waals surface area contributed by atoms with Crippen LogP contribution in [0.2, 0.25) is 0 Å². The van der Waals surface area contributed by atoms with Gasteiger partial charge in [-0.25, -0.2) is 9.67 Å². The van der Waals surface area contributed by atoms with Crippen LogP contribution in [0.5, 0.6) is 0 Å². The molecule has 7 heteroatoms. The average molecular weight is 362 g/mol. The second-order valence-electron chi connectivity index (χ2n) is 6.76. The summed E-state index contributed by atoms with van der Waals surface area (Å²) in [6.45, 7) is 0.468. The molecule has 3 unspecified atom stereocenters. The number of fused-ring (bicyclic) bond motifs is 1. The molecule has 1 aliphatic carbocycles. The summed E-state index contributed by atoms with van der Waals surface area (Å²) in [4.78, 5) is 16.9. The normalized spacial score (nSPS) is 25.0. The minimum absolute atomic E-state index is 0. The fourth-order valence-corrected chi connectivity index (χ4v) is 4.00. The first-order valence-electron chi connectivity index (χ1n) is 8.79. The second-order valence-corrected chi connectivity index (χ2v) is 6.76. The Bertz CT molecular complexity index is 691. The number of nitrogens with one attached hydrogen (secondary N) is 2. The van der Waals surface area contributed by atoms with Crippen molar-refractivity contribution in [1.29, 1.82) is 0 Å². The predicted molar refractivity (Wildman–Crippen MR) is 97.7 cm³/mol. The third-order valence-corrected chi connectivity index (χ3v) is 5.22. The van der Waals surface area contributed by atoms with Crippen LogP contribution in [0.15, 0.2) is 36.8 Å². The third-order valence-electron chi connectivity index (χ3n) is 5.22. The Kier molecular flexibility index (Phi) is 5.71. The van der Waals surface area contributed by atoms with Crippen LogP contribution in [0, 0.1) is 5.92 Å². The molecular formula is C18H24ClN5O. The lowest BCUT2D eigenvalue weighted by Crippen LogP contribution is -2.43. The van der Waals surface area contributed by atoms with E-state index in [1.165, 1.54) is 25.7 Å². The zero-order valence-electron chi connectivity index (χ0n) is 14.1. The van der Waals surface area contributed by atoms with Crippen molar-refractivity contribution >= 4 is 18.3 Å². The summed E-state index contributed by atoms with van der Waals surface area (Å²) in [6, 6.07) is 6.21. The van der Waals surface area contributed by atoms with Crippen molar-refractivity contribution in [3.05, 3.63) is 42.4 Å². The van der Waals surface area contributed by atoms with E-state index in [1.807, 2.05) is 24.4 Å². The largest absolute Gasteiger partial charge is 0.351 e. The number of nitrogens with zero attached hydrogens (tertiary/aromatic N) is 3. The molecule has 0 bridgehead atoms. The Balaban J connectivity index is 0.00000182. The van der Waals surface area contributed by atoms with Gasteiger partial charge in [-0.15, -0.1) is 12.4 Å². The van der Waals surface area contributed by atoms with Gasteiger partial charge < -0.3 is 10.6 Å². The summed E-state index contributed by atoms with van der Waals surface area (Å²) in [5, 5.41) is 10.8. The number of pyridine rings is 1. The van der Waals surface area contributed by atoms with Gasteiger partial charge in [0.1, 0.15) is 0 Å². The Morgan fingerprint density at radius 3 is 2.96 bits per heavy atom. The fraction of sp³-hybridized carbons (Fsp3) is 0.500. The topological polar surface area (TPSA) is 71.8 Å². The van der Waals surface area contributed by atoms with E-state index in [0.717, 1.165) is 17.8 Å². The number of hydrogen-bond acceptors (Lipinski definition) is 4. The maximum atomic E-state index is 12.5. The molecule has 0 radical (unpaired) electrons. The molecule has 25 heavy (non-hydrogen) atoms. The number of rotatable bonds is 4. The van der Waals surface area contributed by atoms with Gasteiger partial charge in [-0.1, -0.05) is 18.9 Å². The molecule has 2 aromatic rings. The Hall–Kier alpha value is -1.92. The molecule has 2 aromatic heterocycles. The van der Waals surface area contributed by atoms with Gasteiger partial charge in [0.25, 0.3) is 0 Å². The first-order chi connectivity index (χ1) is 11.8. The minimum Gasteiger partial charge on any atom is -0.351 e. The molecule has 2 N–H and O–H groups in total. The zero-order valence-corrected chi connectivity index (χ0v) is 14.9. The molecule has 134 valence electrons. The van der Waals surface area contributed by atoms with Crippen molar-refractivity contribution in [1.82, 2.24) is 25.4 Å². The highest BCUT2D eigenvalue weighted by Gasteiger charge is 2.38. The van der Waals surface area contributed by atoms with Gasteiger partial charge >= 0.3 is 0 Å². The minimum atomic E-state index is -0.0528. The van der Waals surface area contributed by atoms with Gasteiger partial charge in [0.2, 0.25) is 5.91 Å². The van der Waals surface area contributed by atoms with Crippen LogP contribution in [0.25, 0.3) is 5.82 Å². The molecule has 1 aliphatic heterocycles. The van der Waals surface area contributed by atoms with Crippen molar-refractivity contribution in [3.63, 3.8) is 0 Å². The average Bonchev–Trinajstić information content (AvgIpc) is 3.29. The third kappa shape index (κ3) is 3.85. The molecular weight excluding hydrogens is 338 g/mol. The number of amides is 1. The molecule has 1 saturated heterocycles. The van der Waals surface area contributed by atoms with E-state index >= 15 is 0 Å². The smallest absolute Gasteiger partial charge is 0.237 e. The van der Waals surface area contributed by atoms with E-state index in [2.05, 4.69) is 20.7 Å². The lowest BCUT2D eigenvalue weighted by molar-refractivity contribution is -0.123. The van der Waals surface area contributed by atoms with Gasteiger partial charge in [-0.05, 0) is 37.3 Å². The van der Waals surface area contributed by atoms with Crippen LogP contribution in [0.1, 0.15) is 37.7 Å². The SMILES string of the molecule is Cl.O=C(NCc1cccnc1-n1cccn1)C1CC2CCCCC2N1. The molecule has 0 spiro atoms. The lowest BCUT2D eigenvalue weighted by atomic mass is 9.85. The quantitative estimate of drug-likeness (QED) is 0.876. The number of hydrogen-bond donors (Lipinski definition) is 2. The first kappa shape index (κ1) is 17.9. The van der Waals surface area contributed by atoms with Crippen LogP contribution in [-0.2, 0) is 11.3 Å². The molecule has 3 heterocycles. The Labute approximate surface area is 153 Å². The second kappa shape index (κ2) is 7.97. The predicted octanol–water partition coefficient (Wildman–Crippen LogP) is 2.23. The number of aromatic nitrogens is 3. The van der Waals surface area contributed by atoms with Crippen LogP contribution < -0.4 is 10.6 Å². The van der Waals surface area contributed by atoms with Crippen molar-refractivity contribution in [2.75, 3.05) is 0 Å². The lowest BCUT2D eigenvalue weighted by Gasteiger charge is -2.24. The maximum absolute atomic E-state index is 12.5. The van der Waals surface area contributed by atoms with Crippen molar-refractivity contribution < 1.29 is 4.79 Å². The van der Waals surface area contributed by atoms with Crippen LogP contribution >= 0.6 is 12.4 Å². The van der Waals surface area contributed by atoms with Crippen LogP contribution in [0.3, 0.4) is 0 Å². The van der Waals surface area contributed by atoms with Gasteiger partial charge in [-0.3, -0.25) is 4.79 Å². The van der Waals surface area contributed by atoms with E-state index in [4.69, 9.17) is 0 Å². The molecule has 2 fully saturated rings. The summed E-state index contributed by atoms with van der Waals surface area (Å²) in [5.74, 6) is 1.53. The molecule has 4 rings (SSSR count). The Morgan fingerprint density at radius 1 is 1.28 bits per heavy atom. The maximum Gasteiger partial charge on any atom is 0.237 e. The highest BCUT2D eigenvalue weighted by Crippen LogP contribution is 2.33. The van der Waals surface area contributed by atoms with Crippen LogP contribution in [0.4, 0.5) is 0 Å². The standard InChI is InChI=1S/C18H23N5O.ClH/c24-18(16-11-13-5-1-2-7-15(13)22-16)20-12-14-6-3-8-19-17(14)23-10-4-9-21-23;/h3-4,6,8-10,13,15-16,22H,1-2,5,7,11-12H2,(H,20,24);1H. The van der Waals surface area contributed by atoms with E-state index in [-0.39, 0.29) is 24.4 Å². The number of carbonyl (C=O) groups excluding carboxylic acids is 1. The van der Waals surface area contributed by atoms with Crippen molar-refractivity contribution in [2.24, 2.45) is 5.92 Å². The molecule has 2 aliphatic rings. The van der Waals surface area contributed by atoms with E-state index < -0.39 is 0 Å². The van der Waals surface area contributed by atoms with Gasteiger partial charge in [0.05, 0.1) is 6.04 Å². The summed E-state index contributed by atoms with van der Waals surface area (Å²) in [5.41, 5.74) is 0.963. The summed E-state index contributed by atoms with van der Waals surface area (Å²) < 4.78 is 1.73. The van der Waals surface area contributed by atoms with Gasteiger partial charge in [-0.2, -0.15) is 5.10 Å². The first-order valence-corrected chi connectivity index (χ1v) is 8.79. The monoisotopic (exact) mass is 361 g/mol. The highest BCUT2D eigenvalue weighted by atomic mass is 35.5. The highest BCUT2D eigenvalue weighted by molar-refractivity contribution is 5.85. The zero-order chi connectivity index (χ0) is 16.4. The summed E-state index contributed by atoms with van der Waals surface area (Å²) >= 11 is 0. The molecule has 3 atom stereocenters. The summed E-state index contributed by atoms with van der Waals surface area (Å²) in [7, 11) is 0. The van der Waals surface area contributed by atoms with Gasteiger partial charge in [0, 0.05) is 36.7 Å². The summed E-state index contributed by atoms with van der Waals surface area (Å²) in [6.07, 6.45) is 11.3. The van der Waals surface area contributed by atoms with Gasteiger partial charge in [0.15, 0.2) is 5.82 Å². The van der Waals surface area contributed by atoms with Crippen LogP contribution in [-0.4, -0.2) is 32.8 Å². The fourth-order valence-electron chi connectivity index (χ4n) is 4.00. The molecule has 1 amide bonds. The van der Waals surface area contributed by atoms with E-state index in [1.54, 1.807) is 17.1 Å².